The molecule has 1 aliphatic rings. The first-order valence-electron chi connectivity index (χ1n) is 10.7. The van der Waals surface area contributed by atoms with Crippen LogP contribution in [0.1, 0.15) is 31.4 Å². The van der Waals surface area contributed by atoms with Crippen LogP contribution in [0.15, 0.2) is 96.3 Å². The molecule has 2 aromatic rings. The lowest BCUT2D eigenvalue weighted by Gasteiger charge is -2.18. The first-order valence-corrected chi connectivity index (χ1v) is 11.0. The van der Waals surface area contributed by atoms with Crippen LogP contribution >= 0.6 is 11.6 Å². The lowest BCUT2D eigenvalue weighted by molar-refractivity contribution is 0.171. The van der Waals surface area contributed by atoms with Gasteiger partial charge in [-0.15, -0.1) is 0 Å². The third kappa shape index (κ3) is 5.98. The minimum Gasteiger partial charge on any atom is -0.493 e. The van der Waals surface area contributed by atoms with E-state index >= 15 is 0 Å². The van der Waals surface area contributed by atoms with Crippen molar-refractivity contribution in [1.82, 2.24) is 4.90 Å². The molecule has 0 radical (unpaired) electrons. The number of halogens is 1. The second kappa shape index (κ2) is 11.6. The van der Waals surface area contributed by atoms with Crippen molar-refractivity contribution >= 4 is 22.2 Å². The number of likely N-dealkylation sites (N-methyl/N-ethyl adjacent to an activating group) is 1. The molecule has 3 heteroatoms. The van der Waals surface area contributed by atoms with Crippen molar-refractivity contribution in [2.45, 2.75) is 20.3 Å². The minimum atomic E-state index is 0.694. The van der Waals surface area contributed by atoms with Gasteiger partial charge < -0.3 is 9.64 Å². The van der Waals surface area contributed by atoms with Gasteiger partial charge >= 0.3 is 0 Å². The Morgan fingerprint density at radius 1 is 0.867 bits per heavy atom. The van der Waals surface area contributed by atoms with Gasteiger partial charge in [0, 0.05) is 12.1 Å². The molecule has 2 nitrogen and oxygen atoms in total. The molecule has 0 bridgehead atoms. The van der Waals surface area contributed by atoms with E-state index in [4.69, 9.17) is 16.3 Å². The highest BCUT2D eigenvalue weighted by molar-refractivity contribution is 6.53. The first kappa shape index (κ1) is 22.1. The van der Waals surface area contributed by atoms with Gasteiger partial charge in [-0.2, -0.15) is 0 Å². The van der Waals surface area contributed by atoms with Gasteiger partial charge in [-0.05, 0) is 48.4 Å². The molecule has 0 unspecified atom stereocenters. The fourth-order valence-electron chi connectivity index (χ4n) is 3.49. The van der Waals surface area contributed by atoms with Gasteiger partial charge in [-0.3, -0.25) is 0 Å². The fraction of sp³-hybridized carbons (Fsp3) is 0.259. The topological polar surface area (TPSA) is 12.5 Å². The monoisotopic (exact) mass is 419 g/mol. The third-order valence-electron chi connectivity index (χ3n) is 5.25. The summed E-state index contributed by atoms with van der Waals surface area (Å²) in [5.74, 6) is 0.914. The van der Waals surface area contributed by atoms with Crippen LogP contribution in [-0.4, -0.2) is 31.1 Å². The molecule has 0 saturated heterocycles. The summed E-state index contributed by atoms with van der Waals surface area (Å²) in [6, 6.07) is 20.5. The zero-order chi connectivity index (χ0) is 21.2. The van der Waals surface area contributed by atoms with Crippen molar-refractivity contribution in [2.24, 2.45) is 0 Å². The molecule has 0 aliphatic heterocycles. The number of hydrogen-bond acceptors (Lipinski definition) is 2. The Labute approximate surface area is 185 Å². The minimum absolute atomic E-state index is 0.694. The van der Waals surface area contributed by atoms with Gasteiger partial charge in [-0.1, -0.05) is 98.3 Å². The highest BCUT2D eigenvalue weighted by Crippen LogP contribution is 2.36. The summed E-state index contributed by atoms with van der Waals surface area (Å²) < 4.78 is 6.03. The van der Waals surface area contributed by atoms with E-state index in [1.807, 2.05) is 48.5 Å². The summed E-state index contributed by atoms with van der Waals surface area (Å²) >= 11 is 6.93. The number of ether oxygens (including phenoxy) is 1. The van der Waals surface area contributed by atoms with Crippen LogP contribution in [0.2, 0.25) is 0 Å². The van der Waals surface area contributed by atoms with E-state index in [0.29, 0.717) is 6.61 Å². The van der Waals surface area contributed by atoms with Gasteiger partial charge in [0.2, 0.25) is 0 Å². The van der Waals surface area contributed by atoms with Crippen LogP contribution < -0.4 is 0 Å². The molecule has 0 amide bonds. The second-order valence-corrected chi connectivity index (χ2v) is 7.51. The number of rotatable bonds is 9. The molecule has 0 atom stereocenters. The smallest absolute Gasteiger partial charge is 0.115 e. The molecule has 156 valence electrons. The first-order chi connectivity index (χ1) is 14.7. The van der Waals surface area contributed by atoms with Gasteiger partial charge in [0.25, 0.3) is 0 Å². The van der Waals surface area contributed by atoms with E-state index in [9.17, 15) is 0 Å². The molecule has 0 fully saturated rings. The molecule has 30 heavy (non-hydrogen) atoms. The Morgan fingerprint density at radius 3 is 2.13 bits per heavy atom. The summed E-state index contributed by atoms with van der Waals surface area (Å²) in [7, 11) is 0. The molecule has 0 aromatic heterocycles. The number of nitrogens with zero attached hydrogens (tertiary/aromatic N) is 1. The molecule has 3 rings (SSSR count). The maximum absolute atomic E-state index is 6.93. The van der Waals surface area contributed by atoms with E-state index < -0.39 is 0 Å². The summed E-state index contributed by atoms with van der Waals surface area (Å²) in [5.41, 5.74) is 4.26. The van der Waals surface area contributed by atoms with Crippen LogP contribution in [0.4, 0.5) is 0 Å². The predicted molar refractivity (Wildman–Crippen MR) is 129 cm³/mol. The predicted octanol–water partition coefficient (Wildman–Crippen LogP) is 6.92. The summed E-state index contributed by atoms with van der Waals surface area (Å²) in [6.07, 6.45) is 9.32. The molecule has 0 N–H and O–H groups in total. The Morgan fingerprint density at radius 2 is 1.50 bits per heavy atom. The number of benzene rings is 2. The van der Waals surface area contributed by atoms with Crippen LogP contribution in [0, 0.1) is 0 Å². The standard InChI is InChI=1S/C27H30ClNO/c1-3-29(4-2)20-21-30-25-17-11-16-23(18-19-25)26(22-12-7-5-8-13-22)27(28)24-14-9-6-10-15-24/h5-10,12-19H,3-4,11,20-21H2,1-2H3/b27-26+. The van der Waals surface area contributed by atoms with Crippen LogP contribution in [0.25, 0.3) is 10.6 Å². The summed E-state index contributed by atoms with van der Waals surface area (Å²) in [5, 5.41) is 0.753. The Hall–Kier alpha value is -2.55. The molecular formula is C27H30ClNO. The number of hydrogen-bond donors (Lipinski definition) is 0. The van der Waals surface area contributed by atoms with E-state index in [0.717, 1.165) is 59.1 Å². The average Bonchev–Trinajstić information content (AvgIpc) is 3.04. The third-order valence-corrected chi connectivity index (χ3v) is 5.66. The van der Waals surface area contributed by atoms with Gasteiger partial charge in [0.05, 0.1) is 5.03 Å². The summed E-state index contributed by atoms with van der Waals surface area (Å²) in [6.45, 7) is 8.08. The maximum Gasteiger partial charge on any atom is 0.115 e. The molecule has 0 saturated carbocycles. The van der Waals surface area contributed by atoms with Crippen molar-refractivity contribution in [3.05, 3.63) is 107 Å². The maximum atomic E-state index is 6.93. The Kier molecular flexibility index (Phi) is 8.55. The largest absolute Gasteiger partial charge is 0.493 e. The lowest BCUT2D eigenvalue weighted by atomic mass is 9.94. The van der Waals surface area contributed by atoms with E-state index in [1.165, 1.54) is 0 Å². The molecule has 0 spiro atoms. The highest BCUT2D eigenvalue weighted by Gasteiger charge is 2.14. The van der Waals surface area contributed by atoms with Crippen molar-refractivity contribution in [3.8, 4) is 0 Å². The summed E-state index contributed by atoms with van der Waals surface area (Å²) in [4.78, 5) is 2.36. The fourth-order valence-corrected chi connectivity index (χ4v) is 3.83. The second-order valence-electron chi connectivity index (χ2n) is 7.13. The zero-order valence-electron chi connectivity index (χ0n) is 17.9. The zero-order valence-corrected chi connectivity index (χ0v) is 18.6. The molecule has 1 aliphatic carbocycles. The van der Waals surface area contributed by atoms with Crippen molar-refractivity contribution in [2.75, 3.05) is 26.2 Å². The lowest BCUT2D eigenvalue weighted by Crippen LogP contribution is -2.26. The van der Waals surface area contributed by atoms with E-state index in [1.54, 1.807) is 0 Å². The molecular weight excluding hydrogens is 390 g/mol. The SMILES string of the molecule is CCN(CC)CCOC1=CCC=C(/C(=C(/Cl)c2ccccc2)c2ccccc2)C=C1. The Bertz CT molecular complexity index is 922. The van der Waals surface area contributed by atoms with Gasteiger partial charge in [-0.25, -0.2) is 0 Å². The van der Waals surface area contributed by atoms with Crippen LogP contribution in [0.3, 0.4) is 0 Å². The van der Waals surface area contributed by atoms with Gasteiger partial charge in [0.1, 0.15) is 12.4 Å². The normalized spacial score (nSPS) is 14.7. The van der Waals surface area contributed by atoms with E-state index in [-0.39, 0.29) is 0 Å². The van der Waals surface area contributed by atoms with Crippen LogP contribution in [-0.2, 0) is 4.74 Å². The van der Waals surface area contributed by atoms with Crippen LogP contribution in [0.5, 0.6) is 0 Å². The van der Waals surface area contributed by atoms with Crippen molar-refractivity contribution in [1.29, 1.82) is 0 Å². The highest BCUT2D eigenvalue weighted by atomic mass is 35.5. The van der Waals surface area contributed by atoms with Gasteiger partial charge in [0.15, 0.2) is 0 Å². The van der Waals surface area contributed by atoms with E-state index in [2.05, 4.69) is 55.2 Å². The molecule has 0 heterocycles. The Balaban J connectivity index is 1.83. The number of allylic oxidation sites excluding steroid dienone is 6. The van der Waals surface area contributed by atoms with Crippen molar-refractivity contribution < 1.29 is 4.74 Å². The average molecular weight is 420 g/mol. The molecule has 2 aromatic carbocycles. The van der Waals surface area contributed by atoms with Crippen molar-refractivity contribution in [3.63, 3.8) is 0 Å². The quantitative estimate of drug-likeness (QED) is 0.409.